The first-order valence-electron chi connectivity index (χ1n) is 10.0. The Labute approximate surface area is 160 Å². The Balaban J connectivity index is 1.34. The van der Waals surface area contributed by atoms with Crippen LogP contribution in [0.5, 0.6) is 5.75 Å². The smallest absolute Gasteiger partial charge is 0.313 e. The number of carboxylic acids is 1. The van der Waals surface area contributed by atoms with E-state index in [1.807, 2.05) is 35.2 Å². The molecule has 0 aromatic heterocycles. The lowest BCUT2D eigenvalue weighted by molar-refractivity contribution is -0.149. The minimum Gasteiger partial charge on any atom is -0.492 e. The number of carbonyl (C=O) groups is 2. The normalized spacial score (nSPS) is 28.4. The summed E-state index contributed by atoms with van der Waals surface area (Å²) in [6, 6.07) is 9.66. The number of likely N-dealkylation sites (tertiary alicyclic amines) is 2. The van der Waals surface area contributed by atoms with Crippen LogP contribution in [0.15, 0.2) is 30.3 Å². The fraction of sp³-hybridized carbons (Fsp3) is 0.619. The van der Waals surface area contributed by atoms with Crippen LogP contribution in [0, 0.1) is 17.3 Å². The van der Waals surface area contributed by atoms with Crippen molar-refractivity contribution in [3.05, 3.63) is 30.3 Å². The van der Waals surface area contributed by atoms with E-state index in [-0.39, 0.29) is 17.7 Å². The quantitative estimate of drug-likeness (QED) is 0.828. The highest BCUT2D eigenvalue weighted by Gasteiger charge is 2.58. The molecule has 1 aromatic carbocycles. The zero-order chi connectivity index (χ0) is 18.9. The molecule has 1 amide bonds. The fourth-order valence-electron chi connectivity index (χ4n) is 5.05. The second kappa shape index (κ2) is 7.50. The molecule has 2 aliphatic heterocycles. The molecule has 27 heavy (non-hydrogen) atoms. The number of carbonyl (C=O) groups excluding carboxylic acids is 1. The first kappa shape index (κ1) is 18.3. The van der Waals surface area contributed by atoms with Crippen molar-refractivity contribution in [2.45, 2.75) is 25.7 Å². The monoisotopic (exact) mass is 372 g/mol. The molecule has 1 aromatic rings. The van der Waals surface area contributed by atoms with Crippen LogP contribution in [-0.2, 0) is 9.59 Å². The molecule has 6 nitrogen and oxygen atoms in total. The summed E-state index contributed by atoms with van der Waals surface area (Å²) >= 11 is 0. The topological polar surface area (TPSA) is 70.1 Å². The van der Waals surface area contributed by atoms with Gasteiger partial charge in [0.15, 0.2) is 0 Å². The first-order chi connectivity index (χ1) is 13.1. The number of benzene rings is 1. The van der Waals surface area contributed by atoms with Crippen molar-refractivity contribution in [3.63, 3.8) is 0 Å². The standard InChI is InChI=1S/C21H28N2O4/c24-19(16-6-4-5-7-16)23-13-17-12-22(14-21(17,15-23)20(25)26)10-11-27-18-8-2-1-3-9-18/h1-3,8-9,16-17H,4-7,10-15H2,(H,25,26)/t17-,21-/m1/s1. The molecule has 2 atom stereocenters. The van der Waals surface area contributed by atoms with Gasteiger partial charge in [-0.2, -0.15) is 0 Å². The van der Waals surface area contributed by atoms with Gasteiger partial charge in [-0.25, -0.2) is 0 Å². The molecule has 3 aliphatic rings. The van der Waals surface area contributed by atoms with Gasteiger partial charge >= 0.3 is 5.97 Å². The number of amides is 1. The van der Waals surface area contributed by atoms with E-state index >= 15 is 0 Å². The number of ether oxygens (including phenoxy) is 1. The van der Waals surface area contributed by atoms with E-state index in [1.165, 1.54) is 0 Å². The molecule has 1 saturated carbocycles. The molecule has 0 radical (unpaired) electrons. The Bertz CT molecular complexity index is 689. The van der Waals surface area contributed by atoms with E-state index in [0.717, 1.165) is 38.0 Å². The zero-order valence-electron chi connectivity index (χ0n) is 15.7. The molecule has 4 rings (SSSR count). The third kappa shape index (κ3) is 3.55. The van der Waals surface area contributed by atoms with Crippen LogP contribution in [0.1, 0.15) is 25.7 Å². The number of para-hydroxylation sites is 1. The highest BCUT2D eigenvalue weighted by atomic mass is 16.5. The van der Waals surface area contributed by atoms with Crippen molar-refractivity contribution < 1.29 is 19.4 Å². The predicted molar refractivity (Wildman–Crippen MR) is 100 cm³/mol. The number of hydrogen-bond acceptors (Lipinski definition) is 4. The Morgan fingerprint density at radius 3 is 2.52 bits per heavy atom. The van der Waals surface area contributed by atoms with Crippen LogP contribution in [0.3, 0.4) is 0 Å². The Morgan fingerprint density at radius 2 is 1.85 bits per heavy atom. The summed E-state index contributed by atoms with van der Waals surface area (Å²) in [6.07, 6.45) is 4.16. The van der Waals surface area contributed by atoms with Crippen LogP contribution < -0.4 is 4.74 Å². The summed E-state index contributed by atoms with van der Waals surface area (Å²) in [4.78, 5) is 28.9. The Kier molecular flexibility index (Phi) is 5.08. The van der Waals surface area contributed by atoms with Crippen LogP contribution in [0.25, 0.3) is 0 Å². The van der Waals surface area contributed by atoms with Gasteiger partial charge in [0.1, 0.15) is 17.8 Å². The number of carboxylic acid groups (broad SMARTS) is 1. The van der Waals surface area contributed by atoms with E-state index in [1.54, 1.807) is 0 Å². The average molecular weight is 372 g/mol. The summed E-state index contributed by atoms with van der Waals surface area (Å²) in [7, 11) is 0. The number of aliphatic carboxylic acids is 1. The Morgan fingerprint density at radius 1 is 1.11 bits per heavy atom. The second-order valence-electron chi connectivity index (χ2n) is 8.25. The number of nitrogens with zero attached hydrogens (tertiary/aromatic N) is 2. The lowest BCUT2D eigenvalue weighted by atomic mass is 9.81. The van der Waals surface area contributed by atoms with Gasteiger partial charge in [-0.15, -0.1) is 0 Å². The summed E-state index contributed by atoms with van der Waals surface area (Å²) in [6.45, 7) is 3.41. The molecule has 1 aliphatic carbocycles. The minimum absolute atomic E-state index is 0.0112. The van der Waals surface area contributed by atoms with Gasteiger partial charge in [0.05, 0.1) is 0 Å². The summed E-state index contributed by atoms with van der Waals surface area (Å²) in [5.41, 5.74) is -0.818. The molecule has 2 heterocycles. The largest absolute Gasteiger partial charge is 0.492 e. The highest BCUT2D eigenvalue weighted by Crippen LogP contribution is 2.43. The van der Waals surface area contributed by atoms with E-state index < -0.39 is 11.4 Å². The zero-order valence-corrected chi connectivity index (χ0v) is 15.7. The van der Waals surface area contributed by atoms with E-state index in [0.29, 0.717) is 32.8 Å². The average Bonchev–Trinajstić information content (AvgIpc) is 3.37. The van der Waals surface area contributed by atoms with Gasteiger partial charge in [0.25, 0.3) is 0 Å². The van der Waals surface area contributed by atoms with Crippen molar-refractivity contribution in [2.24, 2.45) is 17.3 Å². The van der Waals surface area contributed by atoms with Crippen LogP contribution in [0.4, 0.5) is 0 Å². The van der Waals surface area contributed by atoms with Crippen molar-refractivity contribution >= 4 is 11.9 Å². The van der Waals surface area contributed by atoms with Crippen molar-refractivity contribution in [1.82, 2.24) is 9.80 Å². The SMILES string of the molecule is O=C(C1CCCC1)N1C[C@H]2CN(CCOc3ccccc3)C[C@@]2(C(=O)O)C1. The van der Waals surface area contributed by atoms with Crippen molar-refractivity contribution in [2.75, 3.05) is 39.3 Å². The maximum atomic E-state index is 12.8. The minimum atomic E-state index is -0.818. The second-order valence-corrected chi connectivity index (χ2v) is 8.25. The van der Waals surface area contributed by atoms with Crippen LogP contribution >= 0.6 is 0 Å². The molecule has 2 saturated heterocycles. The maximum absolute atomic E-state index is 12.8. The Hall–Kier alpha value is -2.08. The van der Waals surface area contributed by atoms with E-state index in [4.69, 9.17) is 4.74 Å². The predicted octanol–water partition coefficient (Wildman–Crippen LogP) is 2.10. The lowest BCUT2D eigenvalue weighted by Gasteiger charge is -2.26. The van der Waals surface area contributed by atoms with Gasteiger partial charge < -0.3 is 14.7 Å². The van der Waals surface area contributed by atoms with Crippen molar-refractivity contribution in [1.29, 1.82) is 0 Å². The van der Waals surface area contributed by atoms with Crippen molar-refractivity contribution in [3.8, 4) is 5.75 Å². The summed E-state index contributed by atoms with van der Waals surface area (Å²) < 4.78 is 5.76. The van der Waals surface area contributed by atoms with E-state index in [2.05, 4.69) is 4.90 Å². The molecule has 6 heteroatoms. The first-order valence-corrected chi connectivity index (χ1v) is 10.0. The van der Waals surface area contributed by atoms with Crippen LogP contribution in [-0.4, -0.2) is 66.1 Å². The van der Waals surface area contributed by atoms with Crippen LogP contribution in [0.2, 0.25) is 0 Å². The van der Waals surface area contributed by atoms with E-state index in [9.17, 15) is 14.7 Å². The molecule has 0 unspecified atom stereocenters. The number of fused-ring (bicyclic) bond motifs is 1. The molecular weight excluding hydrogens is 344 g/mol. The van der Waals surface area contributed by atoms with Gasteiger partial charge in [-0.3, -0.25) is 14.5 Å². The molecular formula is C21H28N2O4. The molecule has 0 bridgehead atoms. The molecule has 0 spiro atoms. The highest BCUT2D eigenvalue weighted by molar-refractivity contribution is 5.83. The molecule has 3 fully saturated rings. The summed E-state index contributed by atoms with van der Waals surface area (Å²) in [5, 5.41) is 9.96. The molecule has 146 valence electrons. The van der Waals surface area contributed by atoms with Gasteiger partial charge in [-0.1, -0.05) is 31.0 Å². The van der Waals surface area contributed by atoms with Gasteiger partial charge in [0.2, 0.25) is 5.91 Å². The molecule has 1 N–H and O–H groups in total. The fourth-order valence-corrected chi connectivity index (χ4v) is 5.05. The third-order valence-electron chi connectivity index (χ3n) is 6.54. The lowest BCUT2D eigenvalue weighted by Crippen LogP contribution is -2.43. The maximum Gasteiger partial charge on any atom is 0.313 e. The summed E-state index contributed by atoms with van der Waals surface area (Å²) in [5.74, 6) is 0.377. The van der Waals surface area contributed by atoms with Gasteiger partial charge in [0, 0.05) is 44.6 Å². The number of hydrogen-bond donors (Lipinski definition) is 1. The van der Waals surface area contributed by atoms with Gasteiger partial charge in [-0.05, 0) is 25.0 Å². The number of rotatable bonds is 6. The third-order valence-corrected chi connectivity index (χ3v) is 6.54.